The van der Waals surface area contributed by atoms with Gasteiger partial charge in [-0.15, -0.1) is 0 Å². The summed E-state index contributed by atoms with van der Waals surface area (Å²) in [5.74, 6) is 0. The number of hydrogen-bond acceptors (Lipinski definition) is 4. The van der Waals surface area contributed by atoms with Gasteiger partial charge in [0.05, 0.1) is 9.80 Å². The van der Waals surface area contributed by atoms with Crippen molar-refractivity contribution in [2.75, 3.05) is 12.3 Å². The first-order valence-corrected chi connectivity index (χ1v) is 7.14. The Morgan fingerprint density at radius 2 is 2.12 bits per heavy atom. The lowest BCUT2D eigenvalue weighted by molar-refractivity contribution is 0.600. The van der Waals surface area contributed by atoms with Crippen LogP contribution in [0.2, 0.25) is 0 Å². The summed E-state index contributed by atoms with van der Waals surface area (Å²) in [5.41, 5.74) is 6.85. The number of nitrogens with one attached hydrogen (secondary N) is 1. The minimum atomic E-state index is -3.32. The van der Waals surface area contributed by atoms with Gasteiger partial charge in [-0.05, 0) is 36.6 Å². The summed E-state index contributed by atoms with van der Waals surface area (Å²) in [6.45, 7) is 0.418. The molecule has 1 aromatic rings. The largest absolute Gasteiger partial charge is 0.399 e. The molecule has 2 aliphatic rings. The molecule has 1 saturated carbocycles. The molecule has 0 aromatic heterocycles. The van der Waals surface area contributed by atoms with Crippen molar-refractivity contribution in [3.8, 4) is 0 Å². The second kappa shape index (κ2) is 3.58. The fourth-order valence-corrected chi connectivity index (χ4v) is 3.54. The van der Waals surface area contributed by atoms with E-state index in [4.69, 9.17) is 5.73 Å². The van der Waals surface area contributed by atoms with Gasteiger partial charge >= 0.3 is 0 Å². The van der Waals surface area contributed by atoms with E-state index in [0.717, 1.165) is 18.4 Å². The quantitative estimate of drug-likeness (QED) is 0.789. The lowest BCUT2D eigenvalue weighted by Crippen LogP contribution is -2.21. The Bertz CT molecular complexity index is 601. The number of benzene rings is 1. The van der Waals surface area contributed by atoms with Crippen LogP contribution in [0, 0.1) is 0 Å². The molecular formula is C12H14N2O2S. The van der Waals surface area contributed by atoms with Gasteiger partial charge in [-0.1, -0.05) is 6.07 Å². The van der Waals surface area contributed by atoms with Crippen molar-refractivity contribution in [2.45, 2.75) is 23.8 Å². The molecule has 17 heavy (non-hydrogen) atoms. The van der Waals surface area contributed by atoms with Crippen molar-refractivity contribution in [1.82, 2.24) is 5.32 Å². The summed E-state index contributed by atoms with van der Waals surface area (Å²) < 4.78 is 24.4. The fourth-order valence-electron chi connectivity index (χ4n) is 1.97. The van der Waals surface area contributed by atoms with Gasteiger partial charge in [-0.25, -0.2) is 8.42 Å². The molecule has 1 heterocycles. The zero-order valence-electron chi connectivity index (χ0n) is 9.31. The smallest absolute Gasteiger partial charge is 0.204 e. The fraction of sp³-hybridized carbons (Fsp3) is 0.333. The van der Waals surface area contributed by atoms with Crippen LogP contribution >= 0.6 is 0 Å². The second-order valence-electron chi connectivity index (χ2n) is 4.57. The molecule has 3 N–H and O–H groups in total. The minimum absolute atomic E-state index is 0.338. The Morgan fingerprint density at radius 3 is 2.82 bits per heavy atom. The van der Waals surface area contributed by atoms with Crippen LogP contribution in [0.1, 0.15) is 18.4 Å². The molecular weight excluding hydrogens is 236 g/mol. The normalized spacial score (nSPS) is 21.1. The molecule has 1 aromatic carbocycles. The average Bonchev–Trinajstić information content (AvgIpc) is 3.05. The SMILES string of the molecule is Nc1ccc2c(c1)S(=O)(=O)C(CNC1CC1)=C2. The molecule has 3 rings (SSSR count). The van der Waals surface area contributed by atoms with Crippen LogP contribution in [0.15, 0.2) is 28.0 Å². The second-order valence-corrected chi connectivity index (χ2v) is 6.54. The molecule has 0 amide bonds. The van der Waals surface area contributed by atoms with Crippen LogP contribution in [0.4, 0.5) is 5.69 Å². The third-order valence-corrected chi connectivity index (χ3v) is 5.02. The van der Waals surface area contributed by atoms with E-state index in [9.17, 15) is 8.42 Å². The number of hydrogen-bond donors (Lipinski definition) is 2. The van der Waals surface area contributed by atoms with Crippen LogP contribution in [0.25, 0.3) is 6.08 Å². The molecule has 0 atom stereocenters. The molecule has 0 radical (unpaired) electrons. The van der Waals surface area contributed by atoms with Crippen LogP contribution in [-0.2, 0) is 9.84 Å². The van der Waals surface area contributed by atoms with Crippen molar-refractivity contribution in [3.63, 3.8) is 0 Å². The Hall–Kier alpha value is -1.33. The van der Waals surface area contributed by atoms with Crippen molar-refractivity contribution in [3.05, 3.63) is 28.7 Å². The van der Waals surface area contributed by atoms with Gasteiger partial charge < -0.3 is 11.1 Å². The van der Waals surface area contributed by atoms with E-state index in [1.54, 1.807) is 18.2 Å². The molecule has 1 fully saturated rings. The number of fused-ring (bicyclic) bond motifs is 1. The summed E-state index contributed by atoms with van der Waals surface area (Å²) >= 11 is 0. The zero-order chi connectivity index (χ0) is 12.0. The molecule has 5 heteroatoms. The molecule has 0 spiro atoms. The first kappa shape index (κ1) is 10.8. The Balaban J connectivity index is 1.93. The molecule has 4 nitrogen and oxygen atoms in total. The first-order chi connectivity index (χ1) is 8.07. The van der Waals surface area contributed by atoms with Crippen LogP contribution in [0.3, 0.4) is 0 Å². The highest BCUT2D eigenvalue weighted by Gasteiger charge is 2.31. The maximum Gasteiger partial charge on any atom is 0.204 e. The summed E-state index contributed by atoms with van der Waals surface area (Å²) in [7, 11) is -3.32. The van der Waals surface area contributed by atoms with E-state index in [2.05, 4.69) is 5.32 Å². The summed E-state index contributed by atoms with van der Waals surface area (Å²) in [6, 6.07) is 5.51. The molecule has 0 bridgehead atoms. The maximum absolute atomic E-state index is 12.2. The molecule has 90 valence electrons. The highest BCUT2D eigenvalue weighted by Crippen LogP contribution is 2.34. The average molecular weight is 250 g/mol. The predicted molar refractivity (Wildman–Crippen MR) is 67.0 cm³/mol. The van der Waals surface area contributed by atoms with Crippen LogP contribution < -0.4 is 11.1 Å². The predicted octanol–water partition coefficient (Wildman–Crippen LogP) is 1.15. The maximum atomic E-state index is 12.2. The standard InChI is InChI=1S/C12H14N2O2S/c13-9-2-1-8-5-11(7-14-10-3-4-10)17(15,16)12(8)6-9/h1-2,5-6,10,14H,3-4,7,13H2. The third kappa shape index (κ3) is 1.85. The summed E-state index contributed by atoms with van der Waals surface area (Å²) in [5, 5.41) is 3.22. The Kier molecular flexibility index (Phi) is 2.27. The highest BCUT2D eigenvalue weighted by atomic mass is 32.2. The third-order valence-electron chi connectivity index (χ3n) is 3.13. The number of nitrogens with two attached hydrogens (primary N) is 1. The molecule has 1 aliphatic heterocycles. The lowest BCUT2D eigenvalue weighted by atomic mass is 10.2. The van der Waals surface area contributed by atoms with Crippen molar-refractivity contribution < 1.29 is 8.42 Å². The summed E-state index contributed by atoms with van der Waals surface area (Å²) in [4.78, 5) is 0.787. The van der Waals surface area contributed by atoms with Crippen LogP contribution in [0.5, 0.6) is 0 Å². The van der Waals surface area contributed by atoms with E-state index < -0.39 is 9.84 Å². The number of anilines is 1. The molecule has 0 unspecified atom stereocenters. The van der Waals surface area contributed by atoms with E-state index in [0.29, 0.717) is 28.1 Å². The van der Waals surface area contributed by atoms with Crippen molar-refractivity contribution in [2.24, 2.45) is 0 Å². The van der Waals surface area contributed by atoms with Gasteiger partial charge in [-0.3, -0.25) is 0 Å². The van der Waals surface area contributed by atoms with Crippen molar-refractivity contribution in [1.29, 1.82) is 0 Å². The highest BCUT2D eigenvalue weighted by molar-refractivity contribution is 7.95. The van der Waals surface area contributed by atoms with E-state index >= 15 is 0 Å². The topological polar surface area (TPSA) is 72.2 Å². The van der Waals surface area contributed by atoms with Gasteiger partial charge in [0.2, 0.25) is 9.84 Å². The van der Waals surface area contributed by atoms with Gasteiger partial charge in [0, 0.05) is 18.3 Å². The van der Waals surface area contributed by atoms with Crippen molar-refractivity contribution >= 4 is 21.6 Å². The monoisotopic (exact) mass is 250 g/mol. The number of rotatable bonds is 3. The Morgan fingerprint density at radius 1 is 1.35 bits per heavy atom. The zero-order valence-corrected chi connectivity index (χ0v) is 10.1. The minimum Gasteiger partial charge on any atom is -0.399 e. The number of sulfone groups is 1. The van der Waals surface area contributed by atoms with Gasteiger partial charge in [-0.2, -0.15) is 0 Å². The van der Waals surface area contributed by atoms with Gasteiger partial charge in [0.15, 0.2) is 0 Å². The van der Waals surface area contributed by atoms with E-state index in [-0.39, 0.29) is 0 Å². The number of nitrogen functional groups attached to an aromatic ring is 1. The lowest BCUT2D eigenvalue weighted by Gasteiger charge is -2.05. The van der Waals surface area contributed by atoms with E-state index in [1.165, 1.54) is 6.07 Å². The van der Waals surface area contributed by atoms with E-state index in [1.807, 2.05) is 0 Å². The summed E-state index contributed by atoms with van der Waals surface area (Å²) in [6.07, 6.45) is 4.03. The molecule has 0 saturated heterocycles. The van der Waals surface area contributed by atoms with Gasteiger partial charge in [0.1, 0.15) is 0 Å². The van der Waals surface area contributed by atoms with Crippen LogP contribution in [-0.4, -0.2) is 21.0 Å². The van der Waals surface area contributed by atoms with Gasteiger partial charge in [0.25, 0.3) is 0 Å². The molecule has 1 aliphatic carbocycles. The Labute approximate surface area is 100 Å². The first-order valence-electron chi connectivity index (χ1n) is 5.66.